The summed E-state index contributed by atoms with van der Waals surface area (Å²) in [6, 6.07) is 0. The fourth-order valence-electron chi connectivity index (χ4n) is 0.757. The highest BCUT2D eigenvalue weighted by atomic mass is 16.5. The van der Waals surface area contributed by atoms with Crippen LogP contribution in [0.25, 0.3) is 0 Å². The summed E-state index contributed by atoms with van der Waals surface area (Å²) in [4.78, 5) is 42.1. The Balaban J connectivity index is -0.0000000350. The number of Topliss-reactive ketones (excluding diaryl/α,β-unsaturated/α-hetero) is 3. The molecule has 0 aromatic carbocycles. The van der Waals surface area contributed by atoms with E-state index in [4.69, 9.17) is 5.11 Å². The van der Waals surface area contributed by atoms with Crippen molar-refractivity contribution in [2.24, 2.45) is 0 Å². The second-order valence-electron chi connectivity index (χ2n) is 2.81. The summed E-state index contributed by atoms with van der Waals surface area (Å²) in [7, 11) is 0. The van der Waals surface area contributed by atoms with Gasteiger partial charge < -0.3 is 14.6 Å². The van der Waals surface area contributed by atoms with Gasteiger partial charge in [-0.15, -0.1) is 0 Å². The van der Waals surface area contributed by atoms with Crippen molar-refractivity contribution < 1.29 is 29.0 Å². The van der Waals surface area contributed by atoms with Crippen LogP contribution in [0.3, 0.4) is 0 Å². The van der Waals surface area contributed by atoms with Crippen LogP contribution in [0.4, 0.5) is 0 Å². The van der Waals surface area contributed by atoms with Gasteiger partial charge in [0.25, 0.3) is 0 Å². The molecule has 0 aromatic heterocycles. The molecule has 0 aliphatic carbocycles. The predicted molar refractivity (Wildman–Crippen MR) is 102 cm³/mol. The van der Waals surface area contributed by atoms with E-state index in [1.54, 1.807) is 0 Å². The minimum absolute atomic E-state index is 0. The molecule has 0 spiro atoms. The van der Waals surface area contributed by atoms with E-state index in [9.17, 15) is 19.2 Å². The van der Waals surface area contributed by atoms with Crippen molar-refractivity contribution in [1.82, 2.24) is 0 Å². The Labute approximate surface area is 145 Å². The van der Waals surface area contributed by atoms with E-state index < -0.39 is 30.4 Å². The van der Waals surface area contributed by atoms with Gasteiger partial charge in [0.05, 0.1) is 12.8 Å². The molecule has 23 heavy (non-hydrogen) atoms. The quantitative estimate of drug-likeness (QED) is 0.505. The SMILES string of the molecule is C.C.C.C.C.C.C.C.O=CCC(=O)COCC(=O)CC(=O)CO. The lowest BCUT2D eigenvalue weighted by molar-refractivity contribution is -0.132. The fourth-order valence-corrected chi connectivity index (χ4v) is 0.757. The third-order valence-corrected chi connectivity index (χ3v) is 1.41. The number of aliphatic hydroxyl groups is 1. The first-order valence-electron chi connectivity index (χ1n) is 4.27. The van der Waals surface area contributed by atoms with Crippen molar-refractivity contribution in [3.8, 4) is 0 Å². The molecule has 0 amide bonds. The minimum atomic E-state index is -0.685. The number of aldehydes is 1. The lowest BCUT2D eigenvalue weighted by Crippen LogP contribution is -2.18. The number of hydrogen-bond acceptors (Lipinski definition) is 6. The van der Waals surface area contributed by atoms with E-state index in [1.165, 1.54) is 0 Å². The second kappa shape index (κ2) is 37.1. The van der Waals surface area contributed by atoms with Crippen LogP contribution >= 0.6 is 0 Å². The summed E-state index contributed by atoms with van der Waals surface area (Å²) in [5.41, 5.74) is 0. The van der Waals surface area contributed by atoms with E-state index in [0.717, 1.165) is 0 Å². The van der Waals surface area contributed by atoms with E-state index in [0.29, 0.717) is 6.29 Å². The fraction of sp³-hybridized carbons (Fsp3) is 0.765. The number of carbonyl (C=O) groups excluding carboxylic acids is 4. The van der Waals surface area contributed by atoms with Gasteiger partial charge in [-0.2, -0.15) is 0 Å². The lowest BCUT2D eigenvalue weighted by atomic mass is 10.2. The molecule has 0 radical (unpaired) electrons. The molecule has 0 aromatic rings. The van der Waals surface area contributed by atoms with Crippen LogP contribution in [0, 0.1) is 0 Å². The summed E-state index contributed by atoms with van der Waals surface area (Å²) in [5.74, 6) is -1.53. The van der Waals surface area contributed by atoms with Gasteiger partial charge in [0, 0.05) is 0 Å². The molecular weight excluding hydrogens is 300 g/mol. The first-order chi connectivity index (χ1) is 7.10. The van der Waals surface area contributed by atoms with Crippen molar-refractivity contribution in [1.29, 1.82) is 0 Å². The molecular formula is C17H44O6. The van der Waals surface area contributed by atoms with Gasteiger partial charge in [0.1, 0.15) is 26.1 Å². The van der Waals surface area contributed by atoms with Crippen LogP contribution in [0.2, 0.25) is 0 Å². The number of ether oxygens (including phenoxy) is 1. The summed E-state index contributed by atoms with van der Waals surface area (Å²) in [6.07, 6.45) is -0.203. The summed E-state index contributed by atoms with van der Waals surface area (Å²) in [5, 5.41) is 8.33. The maximum Gasteiger partial charge on any atom is 0.165 e. The molecule has 148 valence electrons. The van der Waals surface area contributed by atoms with Gasteiger partial charge in [0.2, 0.25) is 0 Å². The number of hydrogen-bond donors (Lipinski definition) is 1. The third kappa shape index (κ3) is 38.5. The molecule has 0 bridgehead atoms. The van der Waals surface area contributed by atoms with Crippen molar-refractivity contribution in [3.05, 3.63) is 0 Å². The topological polar surface area (TPSA) is 97.7 Å². The molecule has 6 heteroatoms. The highest BCUT2D eigenvalue weighted by Gasteiger charge is 2.09. The second-order valence-corrected chi connectivity index (χ2v) is 2.81. The molecule has 0 unspecified atom stereocenters. The van der Waals surface area contributed by atoms with Crippen molar-refractivity contribution in [2.45, 2.75) is 72.3 Å². The van der Waals surface area contributed by atoms with Crippen molar-refractivity contribution in [2.75, 3.05) is 19.8 Å². The first-order valence-corrected chi connectivity index (χ1v) is 4.27. The molecule has 0 heterocycles. The molecule has 0 aliphatic rings. The van der Waals surface area contributed by atoms with Crippen LogP contribution in [-0.4, -0.2) is 48.6 Å². The monoisotopic (exact) mass is 344 g/mol. The molecule has 1 N–H and O–H groups in total. The molecule has 0 aliphatic heterocycles. The summed E-state index contributed by atoms with van der Waals surface area (Å²) >= 11 is 0. The lowest BCUT2D eigenvalue weighted by Gasteiger charge is -2.00. The van der Waals surface area contributed by atoms with Gasteiger partial charge in [-0.3, -0.25) is 14.4 Å². The zero-order valence-electron chi connectivity index (χ0n) is 8.10. The van der Waals surface area contributed by atoms with Gasteiger partial charge in [-0.05, 0) is 0 Å². The summed E-state index contributed by atoms with van der Waals surface area (Å²) < 4.78 is 4.66. The molecule has 0 saturated heterocycles. The van der Waals surface area contributed by atoms with Crippen LogP contribution < -0.4 is 0 Å². The van der Waals surface area contributed by atoms with Crippen molar-refractivity contribution in [3.63, 3.8) is 0 Å². The molecule has 0 fully saturated rings. The number of carbonyl (C=O) groups is 4. The minimum Gasteiger partial charge on any atom is -0.389 e. The Kier molecular flexibility index (Phi) is 93.2. The Morgan fingerprint density at radius 2 is 1.13 bits per heavy atom. The van der Waals surface area contributed by atoms with Gasteiger partial charge in [0.15, 0.2) is 17.3 Å². The van der Waals surface area contributed by atoms with E-state index in [1.807, 2.05) is 0 Å². The van der Waals surface area contributed by atoms with Crippen LogP contribution in [0.1, 0.15) is 72.3 Å². The molecule has 0 atom stereocenters. The Bertz CT molecular complexity index is 262. The number of ketones is 3. The van der Waals surface area contributed by atoms with E-state index >= 15 is 0 Å². The third-order valence-electron chi connectivity index (χ3n) is 1.41. The maximum absolute atomic E-state index is 10.9. The number of rotatable bonds is 9. The van der Waals surface area contributed by atoms with E-state index in [2.05, 4.69) is 4.74 Å². The Morgan fingerprint density at radius 3 is 1.48 bits per heavy atom. The van der Waals surface area contributed by atoms with Gasteiger partial charge >= 0.3 is 0 Å². The zero-order chi connectivity index (χ0) is 11.7. The summed E-state index contributed by atoms with van der Waals surface area (Å²) in [6.45, 7) is -1.37. The smallest absolute Gasteiger partial charge is 0.165 e. The van der Waals surface area contributed by atoms with Crippen LogP contribution in [0.5, 0.6) is 0 Å². The van der Waals surface area contributed by atoms with Crippen LogP contribution in [0.15, 0.2) is 0 Å². The van der Waals surface area contributed by atoms with Crippen LogP contribution in [-0.2, 0) is 23.9 Å². The molecule has 6 nitrogen and oxygen atoms in total. The first kappa shape index (κ1) is 57.7. The average molecular weight is 345 g/mol. The van der Waals surface area contributed by atoms with Gasteiger partial charge in [-0.25, -0.2) is 0 Å². The molecule has 0 rings (SSSR count). The average Bonchev–Trinajstić information content (AvgIpc) is 2.18. The highest BCUT2D eigenvalue weighted by molar-refractivity contribution is 6.00. The maximum atomic E-state index is 10.9. The Hall–Kier alpha value is -1.40. The predicted octanol–water partition coefficient (Wildman–Crippen LogP) is 3.77. The highest BCUT2D eigenvalue weighted by Crippen LogP contribution is 1.89. The van der Waals surface area contributed by atoms with Gasteiger partial charge in [-0.1, -0.05) is 59.4 Å². The largest absolute Gasteiger partial charge is 0.389 e. The number of aliphatic hydroxyl groups excluding tert-OH is 1. The molecule has 0 saturated carbocycles. The van der Waals surface area contributed by atoms with E-state index in [-0.39, 0.29) is 79.0 Å². The van der Waals surface area contributed by atoms with Crippen molar-refractivity contribution >= 4 is 23.6 Å². The zero-order valence-corrected chi connectivity index (χ0v) is 8.10. The standard InChI is InChI=1S/C9H12O6.8CH4/c10-2-1-7(12)5-15-6-9(14)3-8(13)4-11;;;;;;;;/h2,11H,1,3-6H2;8*1H4. The Morgan fingerprint density at radius 1 is 0.739 bits per heavy atom. The normalized spacial score (nSPS) is 6.30.